The Morgan fingerprint density at radius 1 is 0.479 bits per heavy atom. The van der Waals surface area contributed by atoms with Gasteiger partial charge in [-0.05, 0) is 51.4 Å². The number of rotatable bonds is 49. The summed E-state index contributed by atoms with van der Waals surface area (Å²) in [5.74, 6) is -3.13. The van der Waals surface area contributed by atoms with Crippen molar-refractivity contribution < 1.29 is 58.2 Å². The van der Waals surface area contributed by atoms with Gasteiger partial charge in [0.1, 0.15) is 18.8 Å². The Morgan fingerprint density at radius 2 is 0.887 bits per heavy atom. The van der Waals surface area contributed by atoms with Gasteiger partial charge in [-0.1, -0.05) is 231 Å². The number of aliphatic hydroxyl groups is 2. The van der Waals surface area contributed by atoms with Gasteiger partial charge in [0.05, 0.1) is 6.61 Å². The molecule has 1 fully saturated rings. The summed E-state index contributed by atoms with van der Waals surface area (Å²) in [4.78, 5) is 51.0. The summed E-state index contributed by atoms with van der Waals surface area (Å²) in [6.45, 7) is 5.86. The van der Waals surface area contributed by atoms with Gasteiger partial charge in [0, 0.05) is 19.3 Å². The summed E-state index contributed by atoms with van der Waals surface area (Å²) >= 11 is 0. The second-order valence-corrected chi connectivity index (χ2v) is 19.9. The minimum Gasteiger partial charge on any atom is -0.479 e. The molecule has 0 aromatic rings. The van der Waals surface area contributed by atoms with Gasteiger partial charge in [0.2, 0.25) is 0 Å². The number of carboxylic acid groups (broad SMARTS) is 1. The fourth-order valence-electron chi connectivity index (χ4n) is 8.80. The van der Waals surface area contributed by atoms with Gasteiger partial charge < -0.3 is 39.0 Å². The zero-order valence-electron chi connectivity index (χ0n) is 45.2. The van der Waals surface area contributed by atoms with E-state index in [1.807, 2.05) is 0 Å². The van der Waals surface area contributed by atoms with Crippen LogP contribution in [0.25, 0.3) is 0 Å². The molecule has 0 bridgehead atoms. The number of carbonyl (C=O) groups is 4. The first-order valence-electron chi connectivity index (χ1n) is 29.0. The van der Waals surface area contributed by atoms with Crippen LogP contribution in [0.1, 0.15) is 265 Å². The molecule has 0 aromatic heterocycles. The lowest BCUT2D eigenvalue weighted by Gasteiger charge is -2.40. The fourth-order valence-corrected chi connectivity index (χ4v) is 8.80. The standard InChI is InChI=1S/C59H104O12/c1-4-7-10-13-16-19-22-24-25-26-27-29-32-35-38-41-44-47-53(62)70-57-55(64)54(63)56(58(65)66)71-59(57)68-49-50(69-52(61)46-43-40-37-34-30-21-18-15-12-9-6-3)48-67-51(60)45-42-39-36-33-31-28-23-20-17-14-11-8-5-2/h8,11,17,20,28,31,50,54-57,59,63-64H,4-7,9-10,12-16,18-19,21-27,29-30,32-49H2,1-3H3,(H,65,66)/b11-8-,20-17-,31-28-. The van der Waals surface area contributed by atoms with E-state index in [-0.39, 0.29) is 25.9 Å². The molecule has 0 spiro atoms. The maximum absolute atomic E-state index is 13.1. The Kier molecular flexibility index (Phi) is 44.5. The first-order valence-corrected chi connectivity index (χ1v) is 29.0. The number of aliphatic carboxylic acids is 1. The molecule has 12 heteroatoms. The van der Waals surface area contributed by atoms with Gasteiger partial charge in [0.25, 0.3) is 0 Å². The first kappa shape index (κ1) is 66.0. The molecule has 6 unspecified atom stereocenters. The number of ether oxygens (including phenoxy) is 5. The molecule has 12 nitrogen and oxygen atoms in total. The van der Waals surface area contributed by atoms with Crippen molar-refractivity contribution in [2.45, 2.75) is 302 Å². The van der Waals surface area contributed by atoms with Crippen LogP contribution in [-0.2, 0) is 42.9 Å². The number of unbranched alkanes of at least 4 members (excludes halogenated alkanes) is 29. The lowest BCUT2D eigenvalue weighted by Crippen LogP contribution is -2.61. The number of hydrogen-bond acceptors (Lipinski definition) is 11. The SMILES string of the molecule is CC/C=C\C/C=C\C/C=C\CCCCCC(=O)OCC(COC1OC(C(=O)O)C(O)C(O)C1OC(=O)CCCCCCCCCCCCCCCCCCC)OC(=O)CCCCCCCCCCCCC. The molecule has 1 aliphatic heterocycles. The molecule has 71 heavy (non-hydrogen) atoms. The topological polar surface area (TPSA) is 175 Å². The highest BCUT2D eigenvalue weighted by atomic mass is 16.7. The predicted molar refractivity (Wildman–Crippen MR) is 285 cm³/mol. The van der Waals surface area contributed by atoms with Gasteiger partial charge >= 0.3 is 23.9 Å². The average Bonchev–Trinajstić information content (AvgIpc) is 3.35. The van der Waals surface area contributed by atoms with E-state index < -0.39 is 67.3 Å². The quantitative estimate of drug-likeness (QED) is 0.0228. The second-order valence-electron chi connectivity index (χ2n) is 19.9. The molecule has 1 heterocycles. The highest BCUT2D eigenvalue weighted by Gasteiger charge is 2.50. The van der Waals surface area contributed by atoms with Gasteiger partial charge in [-0.3, -0.25) is 14.4 Å². The predicted octanol–water partition coefficient (Wildman–Crippen LogP) is 14.5. The van der Waals surface area contributed by atoms with Crippen LogP contribution in [0.2, 0.25) is 0 Å². The number of carbonyl (C=O) groups excluding carboxylic acids is 3. The number of hydrogen-bond donors (Lipinski definition) is 3. The lowest BCUT2D eigenvalue weighted by atomic mass is 9.98. The summed E-state index contributed by atoms with van der Waals surface area (Å²) in [6.07, 6.45) is 42.7. The molecule has 1 rings (SSSR count). The van der Waals surface area contributed by atoms with Crippen LogP contribution in [0.15, 0.2) is 36.5 Å². The summed E-state index contributed by atoms with van der Waals surface area (Å²) in [5, 5.41) is 31.4. The van der Waals surface area contributed by atoms with Crippen molar-refractivity contribution in [1.82, 2.24) is 0 Å². The molecule has 3 N–H and O–H groups in total. The van der Waals surface area contributed by atoms with Crippen molar-refractivity contribution >= 4 is 23.9 Å². The van der Waals surface area contributed by atoms with Crippen molar-refractivity contribution in [1.29, 1.82) is 0 Å². The summed E-state index contributed by atoms with van der Waals surface area (Å²) < 4.78 is 28.4. The molecular weight excluding hydrogens is 901 g/mol. The largest absolute Gasteiger partial charge is 0.479 e. The molecule has 412 valence electrons. The van der Waals surface area contributed by atoms with E-state index >= 15 is 0 Å². The van der Waals surface area contributed by atoms with Gasteiger partial charge in [-0.25, -0.2) is 4.79 Å². The number of allylic oxidation sites excluding steroid dienone is 6. The molecule has 6 atom stereocenters. The van der Waals surface area contributed by atoms with E-state index in [0.717, 1.165) is 77.0 Å². The van der Waals surface area contributed by atoms with Gasteiger partial charge in [-0.15, -0.1) is 0 Å². The fraction of sp³-hybridized carbons (Fsp3) is 0.831. The van der Waals surface area contributed by atoms with Crippen LogP contribution in [0, 0.1) is 0 Å². The molecule has 1 aliphatic rings. The zero-order chi connectivity index (χ0) is 51.8. The Hall–Kier alpha value is -3.06. The smallest absolute Gasteiger partial charge is 0.335 e. The molecule has 0 radical (unpaired) electrons. The Labute approximate surface area is 431 Å². The first-order chi connectivity index (χ1) is 34.6. The normalized spacial score (nSPS) is 18.7. The molecule has 0 amide bonds. The van der Waals surface area contributed by atoms with Crippen molar-refractivity contribution in [2.75, 3.05) is 13.2 Å². The average molecular weight is 1010 g/mol. The van der Waals surface area contributed by atoms with E-state index in [9.17, 15) is 34.5 Å². The van der Waals surface area contributed by atoms with Crippen molar-refractivity contribution in [3.63, 3.8) is 0 Å². The number of esters is 3. The summed E-state index contributed by atoms with van der Waals surface area (Å²) in [5.41, 5.74) is 0. The second kappa shape index (κ2) is 47.9. The summed E-state index contributed by atoms with van der Waals surface area (Å²) in [7, 11) is 0. The Bertz CT molecular complexity index is 1380. The Balaban J connectivity index is 2.67. The molecule has 1 saturated heterocycles. The molecule has 0 saturated carbocycles. The Morgan fingerprint density at radius 3 is 1.35 bits per heavy atom. The van der Waals surface area contributed by atoms with Crippen molar-refractivity contribution in [3.05, 3.63) is 36.5 Å². The third-order valence-electron chi connectivity index (χ3n) is 13.2. The van der Waals surface area contributed by atoms with E-state index in [1.165, 1.54) is 128 Å². The number of carboxylic acids is 1. The van der Waals surface area contributed by atoms with Crippen molar-refractivity contribution in [2.24, 2.45) is 0 Å². The van der Waals surface area contributed by atoms with Crippen molar-refractivity contribution in [3.8, 4) is 0 Å². The van der Waals surface area contributed by atoms with E-state index in [2.05, 4.69) is 57.2 Å². The third-order valence-corrected chi connectivity index (χ3v) is 13.2. The third kappa shape index (κ3) is 38.2. The highest BCUT2D eigenvalue weighted by Crippen LogP contribution is 2.26. The highest BCUT2D eigenvalue weighted by molar-refractivity contribution is 5.74. The maximum atomic E-state index is 13.1. The van der Waals surface area contributed by atoms with Crippen LogP contribution in [0.4, 0.5) is 0 Å². The van der Waals surface area contributed by atoms with Crippen LogP contribution in [-0.4, -0.2) is 89.2 Å². The summed E-state index contributed by atoms with van der Waals surface area (Å²) in [6, 6.07) is 0. The van der Waals surface area contributed by atoms with Gasteiger partial charge in [0.15, 0.2) is 24.6 Å². The van der Waals surface area contributed by atoms with Gasteiger partial charge in [-0.2, -0.15) is 0 Å². The minimum absolute atomic E-state index is 0.0635. The minimum atomic E-state index is -1.90. The molecule has 0 aromatic carbocycles. The maximum Gasteiger partial charge on any atom is 0.335 e. The van der Waals surface area contributed by atoms with E-state index in [4.69, 9.17) is 23.7 Å². The van der Waals surface area contributed by atoms with Crippen LogP contribution < -0.4 is 0 Å². The van der Waals surface area contributed by atoms with E-state index in [0.29, 0.717) is 19.3 Å². The van der Waals surface area contributed by atoms with Crippen LogP contribution >= 0.6 is 0 Å². The monoisotopic (exact) mass is 1000 g/mol. The molecule has 0 aliphatic carbocycles. The molecular formula is C59H104O12. The van der Waals surface area contributed by atoms with Crippen LogP contribution in [0.5, 0.6) is 0 Å². The van der Waals surface area contributed by atoms with E-state index in [1.54, 1.807) is 0 Å². The number of aliphatic hydroxyl groups excluding tert-OH is 2. The van der Waals surface area contributed by atoms with Crippen LogP contribution in [0.3, 0.4) is 0 Å². The lowest BCUT2D eigenvalue weighted by molar-refractivity contribution is -0.301. The zero-order valence-corrected chi connectivity index (χ0v) is 45.2.